The van der Waals surface area contributed by atoms with Gasteiger partial charge in [-0.2, -0.15) is 0 Å². The van der Waals surface area contributed by atoms with Gasteiger partial charge in [0.25, 0.3) is 0 Å². The van der Waals surface area contributed by atoms with Gasteiger partial charge in [0.05, 0.1) is 0 Å². The third-order valence-corrected chi connectivity index (χ3v) is 8.53. The van der Waals surface area contributed by atoms with Crippen LogP contribution in [0.25, 0.3) is 0 Å². The van der Waals surface area contributed by atoms with E-state index in [0.29, 0.717) is 12.8 Å². The van der Waals surface area contributed by atoms with Crippen molar-refractivity contribution >= 4 is 11.9 Å². The molecule has 0 bridgehead atoms. The number of hydrogen-bond donors (Lipinski definition) is 0. The van der Waals surface area contributed by atoms with E-state index in [1.165, 1.54) is 83.5 Å². The minimum Gasteiger partial charge on any atom is -0.462 e. The van der Waals surface area contributed by atoms with Gasteiger partial charge < -0.3 is 9.47 Å². The van der Waals surface area contributed by atoms with E-state index >= 15 is 0 Å². The lowest BCUT2D eigenvalue weighted by atomic mass is 10.1. The fourth-order valence-electron chi connectivity index (χ4n) is 5.40. The highest BCUT2D eigenvalue weighted by atomic mass is 17.2. The molecule has 0 aromatic rings. The van der Waals surface area contributed by atoms with Gasteiger partial charge in [-0.25, -0.2) is 9.78 Å². The third kappa shape index (κ3) is 40.2. The molecule has 0 radical (unpaired) electrons. The largest absolute Gasteiger partial charge is 0.462 e. The summed E-state index contributed by atoms with van der Waals surface area (Å²) in [7, 11) is 0. The Morgan fingerprint density at radius 1 is 0.510 bits per heavy atom. The number of carbonyl (C=O) groups excluding carboxylic acids is 2. The molecule has 0 amide bonds. The summed E-state index contributed by atoms with van der Waals surface area (Å²) < 4.78 is 11.0. The summed E-state index contributed by atoms with van der Waals surface area (Å²) in [4.78, 5) is 35.2. The van der Waals surface area contributed by atoms with Gasteiger partial charge in [0.15, 0.2) is 6.10 Å². The Morgan fingerprint density at radius 2 is 0.922 bits per heavy atom. The SMILES string of the molecule is C=C(C)COOCC(COC(=O)CCCCCCC/C=C/C/C=C/CCCCCCC)OC(=O)CCCCCCC/C=C/C/C=C/CCCCC. The van der Waals surface area contributed by atoms with E-state index in [2.05, 4.69) is 69.0 Å². The fourth-order valence-corrected chi connectivity index (χ4v) is 5.40. The molecule has 6 nitrogen and oxygen atoms in total. The van der Waals surface area contributed by atoms with E-state index in [1.54, 1.807) is 0 Å². The molecule has 0 fully saturated rings. The second-order valence-electron chi connectivity index (χ2n) is 14.0. The molecule has 0 saturated carbocycles. The van der Waals surface area contributed by atoms with Crippen LogP contribution in [0.15, 0.2) is 60.8 Å². The summed E-state index contributed by atoms with van der Waals surface area (Å²) in [6.45, 7) is 10.3. The molecule has 1 unspecified atom stereocenters. The van der Waals surface area contributed by atoms with Gasteiger partial charge in [-0.05, 0) is 84.0 Å². The number of ether oxygens (including phenoxy) is 2. The van der Waals surface area contributed by atoms with Gasteiger partial charge in [-0.1, -0.05) is 152 Å². The molecular weight excluding hydrogens is 636 g/mol. The zero-order valence-electron chi connectivity index (χ0n) is 33.4. The fraction of sp³-hybridized carbons (Fsp3) is 0.733. The van der Waals surface area contributed by atoms with Crippen LogP contribution in [0.5, 0.6) is 0 Å². The number of hydrogen-bond acceptors (Lipinski definition) is 6. The Hall–Kier alpha value is -2.44. The first-order valence-electron chi connectivity index (χ1n) is 20.8. The van der Waals surface area contributed by atoms with Gasteiger partial charge >= 0.3 is 11.9 Å². The van der Waals surface area contributed by atoms with Crippen LogP contribution in [0.4, 0.5) is 0 Å². The van der Waals surface area contributed by atoms with Crippen molar-refractivity contribution in [2.24, 2.45) is 0 Å². The molecule has 6 heteroatoms. The van der Waals surface area contributed by atoms with Gasteiger partial charge in [0.1, 0.15) is 19.8 Å². The van der Waals surface area contributed by atoms with Crippen molar-refractivity contribution in [2.45, 2.75) is 194 Å². The number of carbonyl (C=O) groups is 2. The first kappa shape index (κ1) is 48.6. The Balaban J connectivity index is 4.03. The van der Waals surface area contributed by atoms with Gasteiger partial charge in [0.2, 0.25) is 0 Å². The van der Waals surface area contributed by atoms with Crippen molar-refractivity contribution in [3.8, 4) is 0 Å². The summed E-state index contributed by atoms with van der Waals surface area (Å²) >= 11 is 0. The zero-order chi connectivity index (χ0) is 37.3. The second kappa shape index (κ2) is 40.3. The maximum Gasteiger partial charge on any atom is 0.306 e. The monoisotopic (exact) mass is 715 g/mol. The van der Waals surface area contributed by atoms with Crippen molar-refractivity contribution in [3.63, 3.8) is 0 Å². The number of rotatable bonds is 38. The highest BCUT2D eigenvalue weighted by molar-refractivity contribution is 5.70. The molecule has 294 valence electrons. The predicted molar refractivity (Wildman–Crippen MR) is 216 cm³/mol. The Morgan fingerprint density at radius 3 is 1.41 bits per heavy atom. The van der Waals surface area contributed by atoms with E-state index in [4.69, 9.17) is 19.2 Å². The van der Waals surface area contributed by atoms with Crippen LogP contribution < -0.4 is 0 Å². The topological polar surface area (TPSA) is 71.1 Å². The van der Waals surface area contributed by atoms with Crippen LogP contribution in [-0.2, 0) is 28.8 Å². The van der Waals surface area contributed by atoms with Gasteiger partial charge in [0, 0.05) is 12.8 Å². The zero-order valence-corrected chi connectivity index (χ0v) is 33.4. The maximum atomic E-state index is 12.5. The van der Waals surface area contributed by atoms with Crippen LogP contribution in [0, 0.1) is 0 Å². The van der Waals surface area contributed by atoms with Crippen LogP contribution in [0.3, 0.4) is 0 Å². The van der Waals surface area contributed by atoms with Gasteiger partial charge in [-0.15, -0.1) is 0 Å². The van der Waals surface area contributed by atoms with Crippen molar-refractivity contribution in [3.05, 3.63) is 60.8 Å². The van der Waals surface area contributed by atoms with Crippen molar-refractivity contribution < 1.29 is 28.8 Å². The number of allylic oxidation sites excluding steroid dienone is 8. The van der Waals surface area contributed by atoms with E-state index in [9.17, 15) is 9.59 Å². The molecule has 0 aromatic carbocycles. The standard InChI is InChI=1S/C45H78O6/c1-5-7-9-11-13-15-17-19-21-22-24-25-27-29-31-33-35-37-44(46)48-40-43(41-50-49-39-42(3)4)51-45(47)38-36-34-32-30-28-26-23-20-18-16-14-12-10-8-6-2/h14,16-17,19-20,22-24,43H,3,5-13,15,18,21,25-41H2,1-2,4H3/b16-14+,19-17+,23-20+,24-22+. The summed E-state index contributed by atoms with van der Waals surface area (Å²) in [5.41, 5.74) is 0.819. The summed E-state index contributed by atoms with van der Waals surface area (Å²) in [5.74, 6) is -0.575. The molecule has 0 spiro atoms. The lowest BCUT2D eigenvalue weighted by Crippen LogP contribution is -2.30. The van der Waals surface area contributed by atoms with Crippen LogP contribution >= 0.6 is 0 Å². The second-order valence-corrected chi connectivity index (χ2v) is 14.0. The molecular formula is C45H78O6. The quantitative estimate of drug-likeness (QED) is 0.0208. The maximum absolute atomic E-state index is 12.5. The molecule has 0 aromatic heterocycles. The lowest BCUT2D eigenvalue weighted by molar-refractivity contribution is -0.301. The molecule has 0 aliphatic carbocycles. The van der Waals surface area contributed by atoms with Crippen molar-refractivity contribution in [2.75, 3.05) is 19.8 Å². The average molecular weight is 715 g/mol. The van der Waals surface area contributed by atoms with Gasteiger partial charge in [-0.3, -0.25) is 9.59 Å². The first-order chi connectivity index (χ1) is 25.0. The normalized spacial score (nSPS) is 12.5. The Labute approximate surface area is 314 Å². The molecule has 0 aliphatic rings. The van der Waals surface area contributed by atoms with Crippen LogP contribution in [0.1, 0.15) is 188 Å². The summed E-state index contributed by atoms with van der Waals surface area (Å²) in [6, 6.07) is 0. The Kier molecular flexibility index (Phi) is 38.4. The average Bonchev–Trinajstić information content (AvgIpc) is 3.11. The lowest BCUT2D eigenvalue weighted by Gasteiger charge is -2.18. The molecule has 0 saturated heterocycles. The van der Waals surface area contributed by atoms with E-state index < -0.39 is 6.10 Å². The van der Waals surface area contributed by atoms with Crippen molar-refractivity contribution in [1.29, 1.82) is 0 Å². The van der Waals surface area contributed by atoms with Crippen LogP contribution in [-0.4, -0.2) is 37.9 Å². The smallest absolute Gasteiger partial charge is 0.306 e. The van der Waals surface area contributed by atoms with E-state index in [1.807, 2.05) is 6.92 Å². The molecule has 1 atom stereocenters. The van der Waals surface area contributed by atoms with Crippen molar-refractivity contribution in [1.82, 2.24) is 0 Å². The predicted octanol–water partition coefficient (Wildman–Crippen LogP) is 13.4. The minimum absolute atomic E-state index is 0.00166. The molecule has 51 heavy (non-hydrogen) atoms. The Bertz CT molecular complexity index is 918. The molecule has 0 heterocycles. The number of esters is 2. The molecule has 0 rings (SSSR count). The molecule has 0 N–H and O–H groups in total. The summed E-state index contributed by atoms with van der Waals surface area (Å²) in [5, 5.41) is 0. The minimum atomic E-state index is -0.705. The highest BCUT2D eigenvalue weighted by Gasteiger charge is 2.18. The van der Waals surface area contributed by atoms with Crippen LogP contribution in [0.2, 0.25) is 0 Å². The van der Waals surface area contributed by atoms with E-state index in [-0.39, 0.29) is 31.8 Å². The number of unbranched alkanes of at least 4 members (excludes halogenated alkanes) is 18. The first-order valence-corrected chi connectivity index (χ1v) is 20.8. The summed E-state index contributed by atoms with van der Waals surface area (Å²) in [6.07, 6.45) is 46.0. The third-order valence-electron chi connectivity index (χ3n) is 8.53. The highest BCUT2D eigenvalue weighted by Crippen LogP contribution is 2.12. The molecule has 0 aliphatic heterocycles. The van der Waals surface area contributed by atoms with E-state index in [0.717, 1.165) is 76.2 Å².